The first kappa shape index (κ1) is 11.9. The van der Waals surface area contributed by atoms with Crippen molar-refractivity contribution < 1.29 is 9.90 Å². The fourth-order valence-electron chi connectivity index (χ4n) is 1.11. The van der Waals surface area contributed by atoms with Gasteiger partial charge in [0, 0.05) is 10.6 Å². The number of nitrogen functional groups attached to an aromatic ring is 1. The number of para-hydroxylation sites is 1. The summed E-state index contributed by atoms with van der Waals surface area (Å²) in [5.41, 5.74) is 6.32. The highest BCUT2D eigenvalue weighted by Gasteiger charge is 2.11. The van der Waals surface area contributed by atoms with E-state index in [1.165, 1.54) is 6.07 Å². The molecule has 0 aliphatic rings. The van der Waals surface area contributed by atoms with Crippen LogP contribution in [0, 0.1) is 5.92 Å². The van der Waals surface area contributed by atoms with Crippen LogP contribution in [0.3, 0.4) is 0 Å². The van der Waals surface area contributed by atoms with Crippen LogP contribution in [-0.2, 0) is 0 Å². The van der Waals surface area contributed by atoms with Gasteiger partial charge in [0.25, 0.3) is 0 Å². The van der Waals surface area contributed by atoms with E-state index in [2.05, 4.69) is 13.8 Å². The molecule has 0 aliphatic heterocycles. The average molecular weight is 225 g/mol. The highest BCUT2D eigenvalue weighted by Crippen LogP contribution is 2.29. The normalized spacial score (nSPS) is 10.6. The molecule has 3 nitrogen and oxygen atoms in total. The van der Waals surface area contributed by atoms with Gasteiger partial charge in [-0.1, -0.05) is 19.9 Å². The number of carboxylic acid groups (broad SMARTS) is 1. The number of anilines is 1. The molecule has 0 fully saturated rings. The molecule has 0 aromatic heterocycles. The Morgan fingerprint density at radius 1 is 1.53 bits per heavy atom. The molecule has 3 N–H and O–H groups in total. The Hall–Kier alpha value is -1.16. The maximum Gasteiger partial charge on any atom is 0.337 e. The lowest BCUT2D eigenvalue weighted by Crippen LogP contribution is -2.03. The Labute approximate surface area is 93.7 Å². The third-order valence-corrected chi connectivity index (χ3v) is 3.37. The van der Waals surface area contributed by atoms with Gasteiger partial charge in [0.05, 0.1) is 11.3 Å². The lowest BCUT2D eigenvalue weighted by molar-refractivity contribution is 0.0698. The van der Waals surface area contributed by atoms with E-state index < -0.39 is 5.97 Å². The number of thioether (sulfide) groups is 1. The third kappa shape index (κ3) is 3.16. The van der Waals surface area contributed by atoms with E-state index in [9.17, 15) is 4.79 Å². The largest absolute Gasteiger partial charge is 0.478 e. The van der Waals surface area contributed by atoms with Crippen molar-refractivity contribution in [1.82, 2.24) is 0 Å². The van der Waals surface area contributed by atoms with Gasteiger partial charge in [-0.2, -0.15) is 0 Å². The molecule has 0 heterocycles. The van der Waals surface area contributed by atoms with E-state index in [1.807, 2.05) is 6.07 Å². The molecule has 0 unspecified atom stereocenters. The number of carbonyl (C=O) groups is 1. The molecular weight excluding hydrogens is 210 g/mol. The summed E-state index contributed by atoms with van der Waals surface area (Å²) in [4.78, 5) is 11.7. The lowest BCUT2D eigenvalue weighted by Gasteiger charge is -2.09. The minimum atomic E-state index is -0.973. The first-order chi connectivity index (χ1) is 7.02. The van der Waals surface area contributed by atoms with E-state index in [-0.39, 0.29) is 5.56 Å². The van der Waals surface area contributed by atoms with Crippen LogP contribution in [0.5, 0.6) is 0 Å². The number of benzene rings is 1. The van der Waals surface area contributed by atoms with Crippen LogP contribution in [0.4, 0.5) is 5.69 Å². The van der Waals surface area contributed by atoms with Crippen LogP contribution < -0.4 is 5.73 Å². The van der Waals surface area contributed by atoms with Gasteiger partial charge in [-0.05, 0) is 18.1 Å². The van der Waals surface area contributed by atoms with Crippen molar-refractivity contribution in [2.45, 2.75) is 18.7 Å². The molecule has 0 amide bonds. The Kier molecular flexibility index (Phi) is 4.03. The van der Waals surface area contributed by atoms with Crippen molar-refractivity contribution in [2.24, 2.45) is 5.92 Å². The average Bonchev–Trinajstić information content (AvgIpc) is 2.15. The summed E-state index contributed by atoms with van der Waals surface area (Å²) in [6.45, 7) is 4.23. The molecule has 0 aliphatic carbocycles. The quantitative estimate of drug-likeness (QED) is 0.611. The number of carboxylic acids is 1. The van der Waals surface area contributed by atoms with Gasteiger partial charge < -0.3 is 10.8 Å². The zero-order chi connectivity index (χ0) is 11.4. The van der Waals surface area contributed by atoms with Gasteiger partial charge in [0.2, 0.25) is 0 Å². The van der Waals surface area contributed by atoms with Crippen LogP contribution >= 0.6 is 11.8 Å². The molecule has 1 rings (SSSR count). The molecule has 1 aromatic carbocycles. The molecule has 0 radical (unpaired) electrons. The Bertz CT molecular complexity index is 364. The highest BCUT2D eigenvalue weighted by molar-refractivity contribution is 7.99. The molecule has 0 bridgehead atoms. The predicted molar refractivity (Wildman–Crippen MR) is 63.4 cm³/mol. The van der Waals surface area contributed by atoms with Gasteiger partial charge in [0.1, 0.15) is 0 Å². The van der Waals surface area contributed by atoms with Gasteiger partial charge in [-0.25, -0.2) is 4.79 Å². The van der Waals surface area contributed by atoms with Crippen LogP contribution in [0.2, 0.25) is 0 Å². The molecule has 4 heteroatoms. The van der Waals surface area contributed by atoms with E-state index in [4.69, 9.17) is 10.8 Å². The summed E-state index contributed by atoms with van der Waals surface area (Å²) in [5.74, 6) is 0.523. The van der Waals surface area contributed by atoms with Crippen LogP contribution in [-0.4, -0.2) is 16.8 Å². The van der Waals surface area contributed by atoms with Crippen LogP contribution in [0.1, 0.15) is 24.2 Å². The lowest BCUT2D eigenvalue weighted by atomic mass is 10.2. The number of hydrogen-bond acceptors (Lipinski definition) is 3. The topological polar surface area (TPSA) is 63.3 Å². The van der Waals surface area contributed by atoms with E-state index in [1.54, 1.807) is 17.8 Å². The standard InChI is InChI=1S/C11H15NO2S/c1-7(2)6-15-9-5-3-4-8(10(9)12)11(13)14/h3-5,7H,6,12H2,1-2H3,(H,13,14). The Morgan fingerprint density at radius 3 is 2.73 bits per heavy atom. The second kappa shape index (κ2) is 5.07. The van der Waals surface area contributed by atoms with Crippen molar-refractivity contribution in [3.8, 4) is 0 Å². The zero-order valence-electron chi connectivity index (χ0n) is 8.86. The maximum absolute atomic E-state index is 10.8. The second-order valence-electron chi connectivity index (χ2n) is 3.73. The van der Waals surface area contributed by atoms with Crippen molar-refractivity contribution in [1.29, 1.82) is 0 Å². The summed E-state index contributed by atoms with van der Waals surface area (Å²) in [7, 11) is 0. The number of rotatable bonds is 4. The van der Waals surface area contributed by atoms with Gasteiger partial charge >= 0.3 is 5.97 Å². The highest BCUT2D eigenvalue weighted by atomic mass is 32.2. The summed E-state index contributed by atoms with van der Waals surface area (Å²) in [6.07, 6.45) is 0. The fraction of sp³-hybridized carbons (Fsp3) is 0.364. The second-order valence-corrected chi connectivity index (χ2v) is 4.79. The van der Waals surface area contributed by atoms with Crippen molar-refractivity contribution in [2.75, 3.05) is 11.5 Å². The molecule has 0 saturated carbocycles. The third-order valence-electron chi connectivity index (χ3n) is 1.87. The minimum absolute atomic E-state index is 0.184. The fourth-order valence-corrected chi connectivity index (χ4v) is 2.07. The van der Waals surface area contributed by atoms with E-state index in [0.29, 0.717) is 11.6 Å². The molecule has 15 heavy (non-hydrogen) atoms. The molecule has 82 valence electrons. The Morgan fingerprint density at radius 2 is 2.20 bits per heavy atom. The van der Waals surface area contributed by atoms with Crippen molar-refractivity contribution in [3.63, 3.8) is 0 Å². The molecule has 0 spiro atoms. The van der Waals surface area contributed by atoms with E-state index >= 15 is 0 Å². The molecule has 1 aromatic rings. The van der Waals surface area contributed by atoms with Crippen molar-refractivity contribution >= 4 is 23.4 Å². The number of aromatic carboxylic acids is 1. The van der Waals surface area contributed by atoms with E-state index in [0.717, 1.165) is 10.6 Å². The van der Waals surface area contributed by atoms with Crippen LogP contribution in [0.25, 0.3) is 0 Å². The maximum atomic E-state index is 10.8. The summed E-state index contributed by atoms with van der Waals surface area (Å²) in [5, 5.41) is 8.88. The smallest absolute Gasteiger partial charge is 0.337 e. The summed E-state index contributed by atoms with van der Waals surface area (Å²) < 4.78 is 0. The number of hydrogen-bond donors (Lipinski definition) is 2. The Balaban J connectivity index is 2.89. The monoisotopic (exact) mass is 225 g/mol. The van der Waals surface area contributed by atoms with Crippen molar-refractivity contribution in [3.05, 3.63) is 23.8 Å². The molecule has 0 saturated heterocycles. The predicted octanol–water partition coefficient (Wildman–Crippen LogP) is 2.72. The summed E-state index contributed by atoms with van der Waals surface area (Å²) >= 11 is 1.60. The van der Waals surface area contributed by atoms with Gasteiger partial charge in [0.15, 0.2) is 0 Å². The van der Waals surface area contributed by atoms with Gasteiger partial charge in [-0.3, -0.25) is 0 Å². The summed E-state index contributed by atoms with van der Waals surface area (Å²) in [6, 6.07) is 5.11. The minimum Gasteiger partial charge on any atom is -0.478 e. The molecule has 0 atom stereocenters. The first-order valence-corrected chi connectivity index (χ1v) is 5.75. The van der Waals surface area contributed by atoms with Gasteiger partial charge in [-0.15, -0.1) is 11.8 Å². The number of nitrogens with two attached hydrogens (primary N) is 1. The zero-order valence-corrected chi connectivity index (χ0v) is 9.67. The molecular formula is C11H15NO2S. The first-order valence-electron chi connectivity index (χ1n) is 4.77. The van der Waals surface area contributed by atoms with Crippen LogP contribution in [0.15, 0.2) is 23.1 Å². The SMILES string of the molecule is CC(C)CSc1cccc(C(=O)O)c1N.